The highest BCUT2D eigenvalue weighted by Gasteiger charge is 2.13. The summed E-state index contributed by atoms with van der Waals surface area (Å²) in [6.45, 7) is 0. The van der Waals surface area contributed by atoms with E-state index in [2.05, 4.69) is 32.6 Å². The number of nitrogens with one attached hydrogen (secondary N) is 2. The second-order valence-electron chi connectivity index (χ2n) is 5.79. The molecule has 0 aliphatic rings. The van der Waals surface area contributed by atoms with E-state index in [1.54, 1.807) is 54.6 Å². The average molecular weight is 524 g/mol. The molecule has 0 atom stereocenters. The van der Waals surface area contributed by atoms with Crippen molar-refractivity contribution >= 4 is 61.7 Å². The molecule has 3 aromatic carbocycles. The third-order valence-electron chi connectivity index (χ3n) is 3.66. The van der Waals surface area contributed by atoms with Crippen LogP contribution in [0.5, 0.6) is 0 Å². The van der Waals surface area contributed by atoms with Crippen LogP contribution < -0.4 is 10.0 Å². The molecule has 0 saturated heterocycles. The summed E-state index contributed by atoms with van der Waals surface area (Å²) < 4.78 is 28.3. The van der Waals surface area contributed by atoms with Gasteiger partial charge >= 0.3 is 0 Å². The van der Waals surface area contributed by atoms with Gasteiger partial charge in [-0.05, 0) is 83.3 Å². The summed E-state index contributed by atoms with van der Waals surface area (Å²) in [5, 5.41) is 2.85. The molecule has 3 aromatic rings. The molecule has 0 aromatic heterocycles. The normalized spacial score (nSPS) is 11.0. The van der Waals surface area contributed by atoms with Crippen molar-refractivity contribution in [2.45, 2.75) is 9.79 Å². The number of halogens is 1. The van der Waals surface area contributed by atoms with Gasteiger partial charge in [-0.3, -0.25) is 9.52 Å². The van der Waals surface area contributed by atoms with Crippen LogP contribution in [-0.2, 0) is 14.8 Å². The maximum absolute atomic E-state index is 12.3. The Morgan fingerprint density at radius 1 is 0.857 bits per heavy atom. The van der Waals surface area contributed by atoms with Gasteiger partial charge in [0.05, 0.1) is 10.6 Å². The smallest absolute Gasteiger partial charge is 0.261 e. The van der Waals surface area contributed by atoms with E-state index in [9.17, 15) is 13.2 Å². The van der Waals surface area contributed by atoms with Gasteiger partial charge in [0, 0.05) is 19.8 Å². The van der Waals surface area contributed by atoms with Crippen LogP contribution in [0.2, 0.25) is 0 Å². The zero-order valence-corrected chi connectivity index (χ0v) is 18.4. The molecule has 2 N–H and O–H groups in total. The lowest BCUT2D eigenvalue weighted by atomic mass is 10.3. The maximum Gasteiger partial charge on any atom is 0.261 e. The average Bonchev–Trinajstić information content (AvgIpc) is 2.70. The lowest BCUT2D eigenvalue weighted by Crippen LogP contribution is -2.14. The fourth-order valence-corrected chi connectivity index (χ4v) is 4.45. The van der Waals surface area contributed by atoms with Crippen molar-refractivity contribution in [2.24, 2.45) is 0 Å². The van der Waals surface area contributed by atoms with Crippen molar-refractivity contribution in [1.29, 1.82) is 0 Å². The number of anilines is 2. The second kappa shape index (κ2) is 9.44. The van der Waals surface area contributed by atoms with Gasteiger partial charge in [-0.15, -0.1) is 11.8 Å². The molecule has 0 aliphatic heterocycles. The lowest BCUT2D eigenvalue weighted by Gasteiger charge is -2.09. The Labute approximate surface area is 182 Å². The van der Waals surface area contributed by atoms with E-state index in [-0.39, 0.29) is 16.6 Å². The zero-order valence-electron chi connectivity index (χ0n) is 14.6. The van der Waals surface area contributed by atoms with Gasteiger partial charge in [0.15, 0.2) is 0 Å². The minimum absolute atomic E-state index is 0.0972. The van der Waals surface area contributed by atoms with Gasteiger partial charge in [-0.1, -0.05) is 18.2 Å². The minimum Gasteiger partial charge on any atom is -0.325 e. The first-order valence-electron chi connectivity index (χ1n) is 8.28. The Morgan fingerprint density at radius 3 is 2.11 bits per heavy atom. The monoisotopic (exact) mass is 524 g/mol. The highest BCUT2D eigenvalue weighted by atomic mass is 127. The van der Waals surface area contributed by atoms with Crippen molar-refractivity contribution < 1.29 is 13.2 Å². The summed E-state index contributed by atoms with van der Waals surface area (Å²) in [4.78, 5) is 13.1. The van der Waals surface area contributed by atoms with Gasteiger partial charge in [-0.25, -0.2) is 8.42 Å². The Kier molecular flexibility index (Phi) is 6.97. The van der Waals surface area contributed by atoms with Crippen molar-refractivity contribution in [1.82, 2.24) is 0 Å². The standard InChI is InChI=1S/C20H17IN2O3S2/c21-15-6-8-16(9-7-15)22-20(24)14-27-18-12-10-17(11-13-18)23-28(25,26)19-4-2-1-3-5-19/h1-13,23H,14H2,(H,22,24). The highest BCUT2D eigenvalue weighted by molar-refractivity contribution is 14.1. The Bertz CT molecular complexity index is 1040. The second-order valence-corrected chi connectivity index (χ2v) is 9.76. The summed E-state index contributed by atoms with van der Waals surface area (Å²) >= 11 is 3.59. The first kappa shape index (κ1) is 20.7. The van der Waals surface area contributed by atoms with E-state index in [4.69, 9.17) is 0 Å². The number of carbonyl (C=O) groups is 1. The summed E-state index contributed by atoms with van der Waals surface area (Å²) in [5.41, 5.74) is 1.23. The van der Waals surface area contributed by atoms with E-state index in [1.165, 1.54) is 11.8 Å². The summed E-state index contributed by atoms with van der Waals surface area (Å²) in [6, 6.07) is 22.7. The molecule has 3 rings (SSSR count). The molecular formula is C20H17IN2O3S2. The first-order chi connectivity index (χ1) is 13.4. The predicted octanol–water partition coefficient (Wildman–Crippen LogP) is 4.82. The Balaban J connectivity index is 1.54. The third-order valence-corrected chi connectivity index (χ3v) is 6.79. The molecule has 0 spiro atoms. The molecule has 0 bridgehead atoms. The molecule has 0 saturated carbocycles. The summed E-state index contributed by atoms with van der Waals surface area (Å²) in [5.74, 6) is 0.168. The number of benzene rings is 3. The fraction of sp³-hybridized carbons (Fsp3) is 0.0500. The summed E-state index contributed by atoms with van der Waals surface area (Å²) in [6.07, 6.45) is 0. The summed E-state index contributed by atoms with van der Waals surface area (Å²) in [7, 11) is -3.61. The van der Waals surface area contributed by atoms with Crippen molar-refractivity contribution in [3.8, 4) is 0 Å². The number of thioether (sulfide) groups is 1. The van der Waals surface area contributed by atoms with Crippen LogP contribution in [0.25, 0.3) is 0 Å². The van der Waals surface area contributed by atoms with Crippen LogP contribution >= 0.6 is 34.4 Å². The molecular weight excluding hydrogens is 507 g/mol. The number of hydrogen-bond donors (Lipinski definition) is 2. The van der Waals surface area contributed by atoms with Crippen LogP contribution in [0.4, 0.5) is 11.4 Å². The lowest BCUT2D eigenvalue weighted by molar-refractivity contribution is -0.113. The van der Waals surface area contributed by atoms with Crippen LogP contribution in [-0.4, -0.2) is 20.1 Å². The predicted molar refractivity (Wildman–Crippen MR) is 122 cm³/mol. The number of amides is 1. The third kappa shape index (κ3) is 5.98. The number of sulfonamides is 1. The molecule has 1 amide bonds. The van der Waals surface area contributed by atoms with Crippen molar-refractivity contribution in [3.05, 3.63) is 82.4 Å². The van der Waals surface area contributed by atoms with E-state index in [0.717, 1.165) is 14.2 Å². The molecule has 144 valence electrons. The number of hydrogen-bond acceptors (Lipinski definition) is 4. The molecule has 8 heteroatoms. The van der Waals surface area contributed by atoms with Gasteiger partial charge in [0.2, 0.25) is 5.91 Å². The Hall–Kier alpha value is -2.04. The van der Waals surface area contributed by atoms with Gasteiger partial charge in [0.25, 0.3) is 10.0 Å². The highest BCUT2D eigenvalue weighted by Crippen LogP contribution is 2.22. The molecule has 0 unspecified atom stereocenters. The molecule has 5 nitrogen and oxygen atoms in total. The quantitative estimate of drug-likeness (QED) is 0.343. The van der Waals surface area contributed by atoms with Gasteiger partial charge in [-0.2, -0.15) is 0 Å². The van der Waals surface area contributed by atoms with E-state index < -0.39 is 10.0 Å². The largest absolute Gasteiger partial charge is 0.325 e. The topological polar surface area (TPSA) is 75.3 Å². The molecule has 0 radical (unpaired) electrons. The van der Waals surface area contributed by atoms with E-state index in [1.807, 2.05) is 24.3 Å². The van der Waals surface area contributed by atoms with Crippen LogP contribution in [0.15, 0.2) is 88.7 Å². The number of carbonyl (C=O) groups excluding carboxylic acids is 1. The number of rotatable bonds is 7. The SMILES string of the molecule is O=C(CSc1ccc(NS(=O)(=O)c2ccccc2)cc1)Nc1ccc(I)cc1. The van der Waals surface area contributed by atoms with E-state index in [0.29, 0.717) is 5.69 Å². The molecule has 0 fully saturated rings. The fourth-order valence-electron chi connectivity index (χ4n) is 2.31. The van der Waals surface area contributed by atoms with Crippen LogP contribution in [0.3, 0.4) is 0 Å². The zero-order chi connectivity index (χ0) is 20.0. The van der Waals surface area contributed by atoms with Crippen molar-refractivity contribution in [3.63, 3.8) is 0 Å². The van der Waals surface area contributed by atoms with Crippen molar-refractivity contribution in [2.75, 3.05) is 15.8 Å². The first-order valence-corrected chi connectivity index (χ1v) is 11.8. The maximum atomic E-state index is 12.3. The molecule has 28 heavy (non-hydrogen) atoms. The van der Waals surface area contributed by atoms with E-state index >= 15 is 0 Å². The van der Waals surface area contributed by atoms with Crippen LogP contribution in [0.1, 0.15) is 0 Å². The molecule has 0 aliphatic carbocycles. The Morgan fingerprint density at radius 2 is 1.46 bits per heavy atom. The molecule has 0 heterocycles. The van der Waals surface area contributed by atoms with Crippen LogP contribution in [0, 0.1) is 3.57 Å². The minimum atomic E-state index is -3.61. The van der Waals surface area contributed by atoms with Gasteiger partial charge in [0.1, 0.15) is 0 Å². The van der Waals surface area contributed by atoms with Gasteiger partial charge < -0.3 is 5.32 Å².